The summed E-state index contributed by atoms with van der Waals surface area (Å²) in [6.45, 7) is 5.70. The van der Waals surface area contributed by atoms with Gasteiger partial charge in [-0.2, -0.15) is 0 Å². The third kappa shape index (κ3) is 3.65. The fourth-order valence-corrected chi connectivity index (χ4v) is 3.52. The van der Waals surface area contributed by atoms with E-state index in [1.165, 1.54) is 0 Å². The maximum atomic E-state index is 12.2. The molecule has 2 fully saturated rings. The lowest BCUT2D eigenvalue weighted by Crippen LogP contribution is -2.50. The van der Waals surface area contributed by atoms with Crippen LogP contribution in [0.3, 0.4) is 0 Å². The highest BCUT2D eigenvalue weighted by Gasteiger charge is 2.24. The molecule has 0 spiro atoms. The van der Waals surface area contributed by atoms with Crippen LogP contribution >= 0.6 is 23.2 Å². The molecule has 7 heteroatoms. The first kappa shape index (κ1) is 15.8. The Morgan fingerprint density at radius 1 is 1.09 bits per heavy atom. The summed E-state index contributed by atoms with van der Waals surface area (Å²) < 4.78 is 0. The molecule has 0 aromatic carbocycles. The van der Waals surface area contributed by atoms with Gasteiger partial charge >= 0.3 is 0 Å². The minimum Gasteiger partial charge on any atom is -0.353 e. The molecule has 0 atom stereocenters. The largest absolute Gasteiger partial charge is 0.353 e. The van der Waals surface area contributed by atoms with Gasteiger partial charge in [0, 0.05) is 45.5 Å². The predicted octanol–water partition coefficient (Wildman–Crippen LogP) is 2.13. The lowest BCUT2D eigenvalue weighted by Gasteiger charge is -2.35. The predicted molar refractivity (Wildman–Crippen MR) is 88.7 cm³/mol. The van der Waals surface area contributed by atoms with Gasteiger partial charge in [0.15, 0.2) is 0 Å². The first-order chi connectivity index (χ1) is 10.6. The van der Waals surface area contributed by atoms with Crippen molar-refractivity contribution in [1.82, 2.24) is 14.8 Å². The van der Waals surface area contributed by atoms with Gasteiger partial charge in [0.05, 0.1) is 16.6 Å². The van der Waals surface area contributed by atoms with Crippen molar-refractivity contribution in [3.05, 3.63) is 22.3 Å². The topological polar surface area (TPSA) is 39.7 Å². The van der Waals surface area contributed by atoms with Crippen molar-refractivity contribution in [2.75, 3.05) is 50.7 Å². The number of carbonyl (C=O) groups is 1. The summed E-state index contributed by atoms with van der Waals surface area (Å²) in [4.78, 5) is 22.8. The number of pyridine rings is 1. The Hall–Kier alpha value is -1.04. The molecule has 0 aliphatic carbocycles. The van der Waals surface area contributed by atoms with Gasteiger partial charge in [0.1, 0.15) is 5.82 Å². The Labute approximate surface area is 140 Å². The van der Waals surface area contributed by atoms with E-state index in [0.717, 1.165) is 57.9 Å². The zero-order valence-corrected chi connectivity index (χ0v) is 14.0. The van der Waals surface area contributed by atoms with E-state index in [4.69, 9.17) is 23.2 Å². The SMILES string of the molecule is O=C(CN1CCN(c2ncc(Cl)cc2Cl)CC1)N1CCCC1. The summed E-state index contributed by atoms with van der Waals surface area (Å²) in [5.74, 6) is 1.03. The quantitative estimate of drug-likeness (QED) is 0.843. The Morgan fingerprint density at radius 2 is 1.77 bits per heavy atom. The molecule has 0 unspecified atom stereocenters. The molecule has 22 heavy (non-hydrogen) atoms. The molecule has 0 saturated carbocycles. The lowest BCUT2D eigenvalue weighted by molar-refractivity contribution is -0.131. The van der Waals surface area contributed by atoms with E-state index in [9.17, 15) is 4.79 Å². The molecule has 2 saturated heterocycles. The van der Waals surface area contributed by atoms with Gasteiger partial charge < -0.3 is 9.80 Å². The molecular weight excluding hydrogens is 323 g/mol. The third-order valence-corrected chi connectivity index (χ3v) is 4.76. The fourth-order valence-electron chi connectivity index (χ4n) is 3.02. The normalized spacial score (nSPS) is 19.7. The van der Waals surface area contributed by atoms with Gasteiger partial charge in [0.25, 0.3) is 0 Å². The standard InChI is InChI=1S/C15H20Cl2N4O/c16-12-9-13(17)15(18-10-12)21-7-5-19(6-8-21)11-14(22)20-3-1-2-4-20/h9-10H,1-8,11H2. The van der Waals surface area contributed by atoms with Crippen LogP contribution in [-0.2, 0) is 4.79 Å². The lowest BCUT2D eigenvalue weighted by atomic mass is 10.3. The Morgan fingerprint density at radius 3 is 2.41 bits per heavy atom. The smallest absolute Gasteiger partial charge is 0.236 e. The minimum atomic E-state index is 0.258. The molecule has 1 amide bonds. The second-order valence-corrected chi connectivity index (χ2v) is 6.65. The Balaban J connectivity index is 1.52. The van der Waals surface area contributed by atoms with Gasteiger partial charge in [-0.3, -0.25) is 9.69 Å². The second-order valence-electron chi connectivity index (χ2n) is 5.81. The van der Waals surface area contributed by atoms with Crippen LogP contribution in [0.15, 0.2) is 12.3 Å². The molecule has 3 heterocycles. The number of likely N-dealkylation sites (tertiary alicyclic amines) is 1. The minimum absolute atomic E-state index is 0.258. The van der Waals surface area contributed by atoms with Crippen LogP contribution in [0.2, 0.25) is 10.0 Å². The average Bonchev–Trinajstić information content (AvgIpc) is 3.03. The molecule has 5 nitrogen and oxygen atoms in total. The first-order valence-electron chi connectivity index (χ1n) is 7.69. The van der Waals surface area contributed by atoms with E-state index in [0.29, 0.717) is 16.6 Å². The van der Waals surface area contributed by atoms with Gasteiger partial charge in [-0.05, 0) is 18.9 Å². The fraction of sp³-hybridized carbons (Fsp3) is 0.600. The molecule has 0 radical (unpaired) electrons. The average molecular weight is 343 g/mol. The number of hydrogen-bond acceptors (Lipinski definition) is 4. The molecular formula is C15H20Cl2N4O. The number of halogens is 2. The summed E-state index contributed by atoms with van der Waals surface area (Å²) in [5, 5.41) is 1.12. The number of nitrogens with zero attached hydrogens (tertiary/aromatic N) is 4. The summed E-state index contributed by atoms with van der Waals surface area (Å²) in [7, 11) is 0. The van der Waals surface area contributed by atoms with E-state index >= 15 is 0 Å². The van der Waals surface area contributed by atoms with Crippen LogP contribution in [0.5, 0.6) is 0 Å². The van der Waals surface area contributed by atoms with Gasteiger partial charge in [0.2, 0.25) is 5.91 Å². The number of anilines is 1. The van der Waals surface area contributed by atoms with Gasteiger partial charge in [-0.25, -0.2) is 4.98 Å². The summed E-state index contributed by atoms with van der Waals surface area (Å²) in [6.07, 6.45) is 3.90. The number of hydrogen-bond donors (Lipinski definition) is 0. The number of aromatic nitrogens is 1. The van der Waals surface area contributed by atoms with E-state index in [1.54, 1.807) is 12.3 Å². The van der Waals surface area contributed by atoms with Crippen LogP contribution in [0.25, 0.3) is 0 Å². The number of amides is 1. The summed E-state index contributed by atoms with van der Waals surface area (Å²) in [5.41, 5.74) is 0. The van der Waals surface area contributed by atoms with Crippen molar-refractivity contribution < 1.29 is 4.79 Å². The van der Waals surface area contributed by atoms with Crippen LogP contribution in [0, 0.1) is 0 Å². The van der Waals surface area contributed by atoms with Crippen molar-refractivity contribution >= 4 is 34.9 Å². The van der Waals surface area contributed by atoms with Gasteiger partial charge in [-0.15, -0.1) is 0 Å². The van der Waals surface area contributed by atoms with E-state index in [2.05, 4.69) is 14.8 Å². The van der Waals surface area contributed by atoms with Crippen LogP contribution in [-0.4, -0.2) is 66.5 Å². The molecule has 3 rings (SSSR count). The zero-order chi connectivity index (χ0) is 15.5. The Kier molecular flexibility index (Phi) is 5.06. The molecule has 2 aliphatic heterocycles. The zero-order valence-electron chi connectivity index (χ0n) is 12.5. The molecule has 1 aromatic heterocycles. The van der Waals surface area contributed by atoms with Crippen molar-refractivity contribution in [2.24, 2.45) is 0 Å². The number of carbonyl (C=O) groups excluding carboxylic acids is 1. The van der Waals surface area contributed by atoms with E-state index in [-0.39, 0.29) is 5.91 Å². The summed E-state index contributed by atoms with van der Waals surface area (Å²) >= 11 is 12.1. The van der Waals surface area contributed by atoms with E-state index < -0.39 is 0 Å². The van der Waals surface area contributed by atoms with Crippen molar-refractivity contribution in [3.63, 3.8) is 0 Å². The highest BCUT2D eigenvalue weighted by molar-refractivity contribution is 6.36. The summed E-state index contributed by atoms with van der Waals surface area (Å²) in [6, 6.07) is 1.72. The molecule has 2 aliphatic rings. The maximum Gasteiger partial charge on any atom is 0.236 e. The monoisotopic (exact) mass is 342 g/mol. The third-order valence-electron chi connectivity index (χ3n) is 4.28. The van der Waals surface area contributed by atoms with Crippen LogP contribution in [0.1, 0.15) is 12.8 Å². The second kappa shape index (κ2) is 7.02. The molecule has 0 N–H and O–H groups in total. The van der Waals surface area contributed by atoms with E-state index in [1.807, 2.05) is 4.90 Å². The molecule has 0 bridgehead atoms. The van der Waals surface area contributed by atoms with Crippen molar-refractivity contribution in [2.45, 2.75) is 12.8 Å². The maximum absolute atomic E-state index is 12.2. The number of piperazine rings is 1. The first-order valence-corrected chi connectivity index (χ1v) is 8.45. The highest BCUT2D eigenvalue weighted by Crippen LogP contribution is 2.26. The Bertz CT molecular complexity index is 540. The number of rotatable bonds is 3. The van der Waals surface area contributed by atoms with Crippen LogP contribution in [0.4, 0.5) is 5.82 Å². The van der Waals surface area contributed by atoms with Crippen LogP contribution < -0.4 is 4.90 Å². The molecule has 120 valence electrons. The van der Waals surface area contributed by atoms with Crippen molar-refractivity contribution in [1.29, 1.82) is 0 Å². The van der Waals surface area contributed by atoms with Crippen molar-refractivity contribution in [3.8, 4) is 0 Å². The highest BCUT2D eigenvalue weighted by atomic mass is 35.5. The van der Waals surface area contributed by atoms with Gasteiger partial charge in [-0.1, -0.05) is 23.2 Å². The molecule has 1 aromatic rings.